The minimum atomic E-state index is -0.414. The first-order valence-electron chi connectivity index (χ1n) is 7.36. The number of nitrogens with one attached hydrogen (secondary N) is 1. The number of nitrogens with zero attached hydrogens (tertiary/aromatic N) is 1. The lowest BCUT2D eigenvalue weighted by Gasteiger charge is -2.10. The van der Waals surface area contributed by atoms with E-state index in [1.807, 2.05) is 24.3 Å². The van der Waals surface area contributed by atoms with Crippen LogP contribution in [0.1, 0.15) is 16.1 Å². The molecular formula is C18H15IN2O4. The number of methoxy groups -OCH3 is 2. The number of para-hydroxylation sites is 1. The van der Waals surface area contributed by atoms with E-state index in [-0.39, 0.29) is 5.76 Å². The lowest BCUT2D eigenvalue weighted by Crippen LogP contribution is -2.16. The molecule has 25 heavy (non-hydrogen) atoms. The van der Waals surface area contributed by atoms with E-state index in [1.54, 1.807) is 32.4 Å². The van der Waals surface area contributed by atoms with Crippen molar-refractivity contribution in [2.45, 2.75) is 0 Å². The van der Waals surface area contributed by atoms with E-state index in [2.05, 4.69) is 33.1 Å². The molecular weight excluding hydrogens is 435 g/mol. The molecule has 0 aliphatic rings. The standard InChI is InChI=1S/C18H15IN2O4/c1-23-15-8-11(7-13(19)17(15)24-2)10-20-21-18(22)16-9-12-5-3-4-6-14(12)25-16/h3-10H,1-2H3,(H,21,22)/b20-10-. The Labute approximate surface area is 157 Å². The van der Waals surface area contributed by atoms with Crippen molar-refractivity contribution >= 4 is 45.7 Å². The first-order chi connectivity index (χ1) is 12.1. The molecule has 3 rings (SSSR count). The fourth-order valence-electron chi connectivity index (χ4n) is 2.33. The summed E-state index contributed by atoms with van der Waals surface area (Å²) in [4.78, 5) is 12.1. The van der Waals surface area contributed by atoms with Gasteiger partial charge < -0.3 is 13.9 Å². The van der Waals surface area contributed by atoms with Crippen LogP contribution in [0.4, 0.5) is 0 Å². The van der Waals surface area contributed by atoms with Crippen LogP contribution in [0.5, 0.6) is 11.5 Å². The summed E-state index contributed by atoms with van der Waals surface area (Å²) in [6.07, 6.45) is 1.53. The van der Waals surface area contributed by atoms with E-state index in [9.17, 15) is 4.79 Å². The number of rotatable bonds is 5. The van der Waals surface area contributed by atoms with Gasteiger partial charge in [-0.1, -0.05) is 18.2 Å². The maximum atomic E-state index is 12.1. The van der Waals surface area contributed by atoms with Crippen LogP contribution in [-0.2, 0) is 0 Å². The molecule has 3 aromatic rings. The van der Waals surface area contributed by atoms with Crippen molar-refractivity contribution in [2.75, 3.05) is 14.2 Å². The molecule has 0 radical (unpaired) electrons. The van der Waals surface area contributed by atoms with E-state index in [1.165, 1.54) is 6.21 Å². The second kappa shape index (κ2) is 7.56. The molecule has 1 heterocycles. The van der Waals surface area contributed by atoms with Gasteiger partial charge in [0.15, 0.2) is 17.3 Å². The normalized spacial score (nSPS) is 11.0. The predicted octanol–water partition coefficient (Wildman–Crippen LogP) is 3.82. The lowest BCUT2D eigenvalue weighted by molar-refractivity contribution is 0.0929. The van der Waals surface area contributed by atoms with Gasteiger partial charge in [-0.15, -0.1) is 0 Å². The quantitative estimate of drug-likeness (QED) is 0.365. The van der Waals surface area contributed by atoms with Crippen LogP contribution in [0.2, 0.25) is 0 Å². The number of hydrogen-bond acceptors (Lipinski definition) is 5. The zero-order chi connectivity index (χ0) is 17.8. The van der Waals surface area contributed by atoms with Gasteiger partial charge in [0.1, 0.15) is 5.58 Å². The highest BCUT2D eigenvalue weighted by Crippen LogP contribution is 2.33. The van der Waals surface area contributed by atoms with Crippen LogP contribution in [0.3, 0.4) is 0 Å². The van der Waals surface area contributed by atoms with Gasteiger partial charge in [-0.25, -0.2) is 5.43 Å². The maximum Gasteiger partial charge on any atom is 0.307 e. The van der Waals surface area contributed by atoms with Crippen LogP contribution >= 0.6 is 22.6 Å². The van der Waals surface area contributed by atoms with Crippen LogP contribution < -0.4 is 14.9 Å². The molecule has 0 saturated carbocycles. The van der Waals surface area contributed by atoms with E-state index >= 15 is 0 Å². The molecule has 0 fully saturated rings. The average molecular weight is 450 g/mol. The molecule has 1 amide bonds. The summed E-state index contributed by atoms with van der Waals surface area (Å²) in [7, 11) is 3.15. The van der Waals surface area contributed by atoms with Crippen LogP contribution in [0.15, 0.2) is 52.0 Å². The number of ether oxygens (including phenoxy) is 2. The van der Waals surface area contributed by atoms with Gasteiger partial charge in [0, 0.05) is 5.39 Å². The van der Waals surface area contributed by atoms with Gasteiger partial charge in [0.2, 0.25) is 0 Å². The minimum absolute atomic E-state index is 0.209. The number of fused-ring (bicyclic) bond motifs is 1. The highest BCUT2D eigenvalue weighted by Gasteiger charge is 2.12. The second-order valence-electron chi connectivity index (χ2n) is 5.09. The van der Waals surface area contributed by atoms with E-state index in [0.717, 1.165) is 14.5 Å². The number of carbonyl (C=O) groups excluding carboxylic acids is 1. The smallest absolute Gasteiger partial charge is 0.307 e. The van der Waals surface area contributed by atoms with Crippen LogP contribution in [0.25, 0.3) is 11.0 Å². The van der Waals surface area contributed by atoms with Crippen molar-refractivity contribution in [2.24, 2.45) is 5.10 Å². The highest BCUT2D eigenvalue weighted by molar-refractivity contribution is 14.1. The monoisotopic (exact) mass is 450 g/mol. The summed E-state index contributed by atoms with van der Waals surface area (Å²) in [6, 6.07) is 12.8. The number of benzene rings is 2. The Kier molecular flexibility index (Phi) is 5.22. The summed E-state index contributed by atoms with van der Waals surface area (Å²) < 4.78 is 17.0. The lowest BCUT2D eigenvalue weighted by atomic mass is 10.2. The summed E-state index contributed by atoms with van der Waals surface area (Å²) in [5, 5.41) is 4.84. The molecule has 128 valence electrons. The molecule has 1 N–H and O–H groups in total. The fraction of sp³-hybridized carbons (Fsp3) is 0.111. The molecule has 0 bridgehead atoms. The van der Waals surface area contributed by atoms with Crippen molar-refractivity contribution in [1.82, 2.24) is 5.43 Å². The van der Waals surface area contributed by atoms with E-state index in [0.29, 0.717) is 17.1 Å². The molecule has 0 unspecified atom stereocenters. The highest BCUT2D eigenvalue weighted by atomic mass is 127. The summed E-state index contributed by atoms with van der Waals surface area (Å²) in [6.45, 7) is 0. The molecule has 0 aliphatic heterocycles. The molecule has 2 aromatic carbocycles. The Morgan fingerprint density at radius 3 is 2.72 bits per heavy atom. The third-order valence-electron chi connectivity index (χ3n) is 3.48. The Bertz CT molecular complexity index is 916. The molecule has 7 heteroatoms. The van der Waals surface area contributed by atoms with Crippen molar-refractivity contribution in [3.63, 3.8) is 0 Å². The third-order valence-corrected chi connectivity index (χ3v) is 4.29. The van der Waals surface area contributed by atoms with Gasteiger partial charge in [0.25, 0.3) is 0 Å². The predicted molar refractivity (Wildman–Crippen MR) is 104 cm³/mol. The van der Waals surface area contributed by atoms with Gasteiger partial charge in [0.05, 0.1) is 24.0 Å². The minimum Gasteiger partial charge on any atom is -0.493 e. The van der Waals surface area contributed by atoms with Gasteiger partial charge in [-0.05, 0) is 52.4 Å². The molecule has 0 saturated heterocycles. The average Bonchev–Trinajstić information content (AvgIpc) is 3.05. The topological polar surface area (TPSA) is 73.1 Å². The van der Waals surface area contributed by atoms with Crippen molar-refractivity contribution < 1.29 is 18.7 Å². The Hall–Kier alpha value is -2.55. The first-order valence-corrected chi connectivity index (χ1v) is 8.43. The van der Waals surface area contributed by atoms with Crippen molar-refractivity contribution in [1.29, 1.82) is 0 Å². The Morgan fingerprint density at radius 1 is 1.20 bits per heavy atom. The number of amides is 1. The van der Waals surface area contributed by atoms with Gasteiger partial charge >= 0.3 is 5.91 Å². The summed E-state index contributed by atoms with van der Waals surface area (Å²) in [5.41, 5.74) is 3.88. The number of furan rings is 1. The van der Waals surface area contributed by atoms with Gasteiger partial charge in [-0.2, -0.15) is 5.10 Å². The van der Waals surface area contributed by atoms with Crippen molar-refractivity contribution in [3.05, 3.63) is 57.4 Å². The first kappa shape index (κ1) is 17.3. The number of carbonyl (C=O) groups is 1. The van der Waals surface area contributed by atoms with Crippen LogP contribution in [0, 0.1) is 3.57 Å². The van der Waals surface area contributed by atoms with E-state index < -0.39 is 5.91 Å². The van der Waals surface area contributed by atoms with Crippen molar-refractivity contribution in [3.8, 4) is 11.5 Å². The summed E-state index contributed by atoms with van der Waals surface area (Å²) in [5.74, 6) is 1.05. The largest absolute Gasteiger partial charge is 0.493 e. The second-order valence-corrected chi connectivity index (χ2v) is 6.25. The maximum absolute atomic E-state index is 12.1. The molecule has 1 aromatic heterocycles. The number of hydrogen-bond donors (Lipinski definition) is 1. The Balaban J connectivity index is 1.74. The third kappa shape index (κ3) is 3.76. The Morgan fingerprint density at radius 2 is 2.00 bits per heavy atom. The summed E-state index contributed by atoms with van der Waals surface area (Å²) >= 11 is 2.15. The van der Waals surface area contributed by atoms with Crippen LogP contribution in [-0.4, -0.2) is 26.3 Å². The molecule has 6 nitrogen and oxygen atoms in total. The molecule has 0 atom stereocenters. The zero-order valence-electron chi connectivity index (χ0n) is 13.6. The molecule has 0 spiro atoms. The van der Waals surface area contributed by atoms with Gasteiger partial charge in [-0.3, -0.25) is 4.79 Å². The number of hydrazone groups is 1. The molecule has 0 aliphatic carbocycles. The zero-order valence-corrected chi connectivity index (χ0v) is 15.7. The SMILES string of the molecule is COc1cc(/C=N\NC(=O)c2cc3ccccc3o2)cc(I)c1OC. The fourth-order valence-corrected chi connectivity index (χ4v) is 3.17. The number of halogens is 1. The van der Waals surface area contributed by atoms with E-state index in [4.69, 9.17) is 13.9 Å².